The number of thiazole rings is 1. The van der Waals surface area contributed by atoms with Gasteiger partial charge in [0.05, 0.1) is 36.6 Å². The average molecular weight is 455 g/mol. The number of hydrogen-bond donors (Lipinski definition) is 1. The Balaban J connectivity index is 1.60. The number of benzene rings is 3. The molecular weight excluding hydrogens is 436 g/mol. The van der Waals surface area contributed by atoms with E-state index in [-0.39, 0.29) is 5.91 Å². The molecule has 0 atom stereocenters. The van der Waals surface area contributed by atoms with E-state index in [1.165, 1.54) is 21.3 Å². The Morgan fingerprint density at radius 2 is 1.68 bits per heavy atom. The van der Waals surface area contributed by atoms with Crippen LogP contribution in [-0.2, 0) is 0 Å². The van der Waals surface area contributed by atoms with Crippen LogP contribution in [0.2, 0.25) is 5.02 Å². The second-order valence-corrected chi connectivity index (χ2v) is 7.99. The number of hydrogen-bond acceptors (Lipinski definition) is 6. The van der Waals surface area contributed by atoms with E-state index >= 15 is 0 Å². The Morgan fingerprint density at radius 1 is 0.968 bits per heavy atom. The summed E-state index contributed by atoms with van der Waals surface area (Å²) in [5, 5.41) is 4.18. The molecule has 0 saturated carbocycles. The number of fused-ring (bicyclic) bond motifs is 1. The Kier molecular flexibility index (Phi) is 5.97. The summed E-state index contributed by atoms with van der Waals surface area (Å²) >= 11 is 8.08. The molecular formula is C23H19ClN2O4S. The predicted molar refractivity (Wildman–Crippen MR) is 124 cm³/mol. The Bertz CT molecular complexity index is 1210. The first-order chi connectivity index (χ1) is 15.0. The molecule has 1 amide bonds. The zero-order valence-electron chi connectivity index (χ0n) is 17.1. The third-order valence-corrected chi connectivity index (χ3v) is 6.06. The van der Waals surface area contributed by atoms with Gasteiger partial charge in [-0.15, -0.1) is 11.3 Å². The summed E-state index contributed by atoms with van der Waals surface area (Å²) in [6, 6.07) is 16.5. The number of carbonyl (C=O) groups is 1. The van der Waals surface area contributed by atoms with Gasteiger partial charge in [0.1, 0.15) is 5.01 Å². The number of ether oxygens (including phenoxy) is 3. The molecule has 4 rings (SSSR count). The lowest BCUT2D eigenvalue weighted by molar-refractivity contribution is 0.102. The van der Waals surface area contributed by atoms with Crippen LogP contribution in [0.1, 0.15) is 10.4 Å². The molecule has 1 heterocycles. The van der Waals surface area contributed by atoms with Crippen molar-refractivity contribution in [1.82, 2.24) is 4.98 Å². The molecule has 0 aliphatic carbocycles. The summed E-state index contributed by atoms with van der Waals surface area (Å²) in [5.74, 6) is 0.889. The number of para-hydroxylation sites is 1. The fourth-order valence-electron chi connectivity index (χ4n) is 3.17. The lowest BCUT2D eigenvalue weighted by Crippen LogP contribution is -2.12. The number of nitrogens with zero attached hydrogens (tertiary/aromatic N) is 1. The molecule has 1 aromatic heterocycles. The van der Waals surface area contributed by atoms with Gasteiger partial charge in [-0.3, -0.25) is 4.79 Å². The quantitative estimate of drug-likeness (QED) is 0.393. The van der Waals surface area contributed by atoms with Crippen molar-refractivity contribution in [2.75, 3.05) is 26.6 Å². The third kappa shape index (κ3) is 4.15. The molecule has 0 aliphatic rings. The molecule has 0 radical (unpaired) electrons. The van der Waals surface area contributed by atoms with Crippen molar-refractivity contribution in [3.05, 3.63) is 65.2 Å². The Labute approximate surface area is 188 Å². The highest BCUT2D eigenvalue weighted by molar-refractivity contribution is 7.21. The second kappa shape index (κ2) is 8.83. The van der Waals surface area contributed by atoms with E-state index in [1.807, 2.05) is 30.3 Å². The summed E-state index contributed by atoms with van der Waals surface area (Å²) in [4.78, 5) is 17.5. The molecule has 0 saturated heterocycles. The number of amides is 1. The number of rotatable bonds is 6. The maximum Gasteiger partial charge on any atom is 0.255 e. The molecule has 8 heteroatoms. The Hall–Kier alpha value is -3.29. The Morgan fingerprint density at radius 3 is 2.29 bits per heavy atom. The normalized spacial score (nSPS) is 10.7. The van der Waals surface area contributed by atoms with E-state index in [1.54, 1.807) is 35.6 Å². The third-order valence-electron chi connectivity index (χ3n) is 4.68. The SMILES string of the molecule is COc1cc(C(=O)Nc2ccc(-c3nc4ccccc4s3)c(Cl)c2)cc(OC)c1OC. The van der Waals surface area contributed by atoms with Crippen LogP contribution in [0.5, 0.6) is 17.2 Å². The summed E-state index contributed by atoms with van der Waals surface area (Å²) in [7, 11) is 4.51. The van der Waals surface area contributed by atoms with Gasteiger partial charge < -0.3 is 19.5 Å². The van der Waals surface area contributed by atoms with Crippen LogP contribution in [0.4, 0.5) is 5.69 Å². The zero-order valence-corrected chi connectivity index (χ0v) is 18.6. The van der Waals surface area contributed by atoms with Crippen molar-refractivity contribution in [1.29, 1.82) is 0 Å². The molecule has 0 aliphatic heterocycles. The molecule has 1 N–H and O–H groups in total. The maximum absolute atomic E-state index is 12.8. The van der Waals surface area contributed by atoms with E-state index in [2.05, 4.69) is 10.3 Å². The van der Waals surface area contributed by atoms with Crippen LogP contribution in [0.25, 0.3) is 20.8 Å². The van der Waals surface area contributed by atoms with E-state index in [9.17, 15) is 4.79 Å². The lowest BCUT2D eigenvalue weighted by atomic mass is 10.1. The summed E-state index contributed by atoms with van der Waals surface area (Å²) in [6.45, 7) is 0. The monoisotopic (exact) mass is 454 g/mol. The van der Waals surface area contributed by atoms with Gasteiger partial charge in [-0.05, 0) is 42.5 Å². The first kappa shape index (κ1) is 21.0. The van der Waals surface area contributed by atoms with E-state index in [0.717, 1.165) is 20.8 Å². The van der Waals surface area contributed by atoms with Gasteiger partial charge in [0.2, 0.25) is 5.75 Å². The predicted octanol–water partition coefficient (Wildman–Crippen LogP) is 5.89. The zero-order chi connectivity index (χ0) is 22.0. The van der Waals surface area contributed by atoms with Crippen molar-refractivity contribution in [3.63, 3.8) is 0 Å². The van der Waals surface area contributed by atoms with E-state index in [4.69, 9.17) is 25.8 Å². The van der Waals surface area contributed by atoms with Crippen LogP contribution >= 0.6 is 22.9 Å². The number of aromatic nitrogens is 1. The molecule has 0 spiro atoms. The molecule has 31 heavy (non-hydrogen) atoms. The minimum Gasteiger partial charge on any atom is -0.493 e. The highest BCUT2D eigenvalue weighted by Gasteiger charge is 2.18. The van der Waals surface area contributed by atoms with Crippen molar-refractivity contribution < 1.29 is 19.0 Å². The van der Waals surface area contributed by atoms with E-state index < -0.39 is 0 Å². The number of methoxy groups -OCH3 is 3. The van der Waals surface area contributed by atoms with Crippen molar-refractivity contribution in [3.8, 4) is 27.8 Å². The van der Waals surface area contributed by atoms with Crippen LogP contribution < -0.4 is 19.5 Å². The number of halogens is 1. The first-order valence-electron chi connectivity index (χ1n) is 9.31. The van der Waals surface area contributed by atoms with Crippen LogP contribution in [0.15, 0.2) is 54.6 Å². The van der Waals surface area contributed by atoms with Gasteiger partial charge in [-0.25, -0.2) is 4.98 Å². The molecule has 158 valence electrons. The smallest absolute Gasteiger partial charge is 0.255 e. The maximum atomic E-state index is 12.8. The van der Waals surface area contributed by atoms with Gasteiger partial charge in [-0.2, -0.15) is 0 Å². The van der Waals surface area contributed by atoms with Crippen LogP contribution in [0, 0.1) is 0 Å². The fraction of sp³-hybridized carbons (Fsp3) is 0.130. The van der Waals surface area contributed by atoms with Gasteiger partial charge in [0.25, 0.3) is 5.91 Å². The van der Waals surface area contributed by atoms with Gasteiger partial charge in [0.15, 0.2) is 11.5 Å². The largest absolute Gasteiger partial charge is 0.493 e. The highest BCUT2D eigenvalue weighted by atomic mass is 35.5. The van der Waals surface area contributed by atoms with Gasteiger partial charge >= 0.3 is 0 Å². The van der Waals surface area contributed by atoms with Crippen molar-refractivity contribution >= 4 is 44.7 Å². The molecule has 0 bridgehead atoms. The van der Waals surface area contributed by atoms with Crippen LogP contribution in [-0.4, -0.2) is 32.2 Å². The van der Waals surface area contributed by atoms with Crippen molar-refractivity contribution in [2.24, 2.45) is 0 Å². The van der Waals surface area contributed by atoms with Gasteiger partial charge in [-0.1, -0.05) is 23.7 Å². The molecule has 4 aromatic rings. The van der Waals surface area contributed by atoms with Gasteiger partial charge in [0, 0.05) is 16.8 Å². The highest BCUT2D eigenvalue weighted by Crippen LogP contribution is 2.39. The standard InChI is InChI=1S/C23H19ClN2O4S/c1-28-18-10-13(11-19(29-2)21(18)30-3)22(27)25-14-8-9-15(16(24)12-14)23-26-17-6-4-5-7-20(17)31-23/h4-12H,1-3H3,(H,25,27). The molecule has 3 aromatic carbocycles. The lowest BCUT2D eigenvalue weighted by Gasteiger charge is -2.14. The summed E-state index contributed by atoms with van der Waals surface area (Å²) in [6.07, 6.45) is 0. The molecule has 0 fully saturated rings. The fourth-order valence-corrected chi connectivity index (χ4v) is 4.50. The first-order valence-corrected chi connectivity index (χ1v) is 10.5. The molecule has 6 nitrogen and oxygen atoms in total. The number of nitrogens with one attached hydrogen (secondary N) is 1. The number of anilines is 1. The minimum absolute atomic E-state index is 0.331. The average Bonchev–Trinajstić information content (AvgIpc) is 3.21. The summed E-state index contributed by atoms with van der Waals surface area (Å²) in [5.41, 5.74) is 2.67. The van der Waals surface area contributed by atoms with Crippen molar-refractivity contribution in [2.45, 2.75) is 0 Å². The topological polar surface area (TPSA) is 69.7 Å². The summed E-state index contributed by atoms with van der Waals surface area (Å²) < 4.78 is 17.0. The van der Waals surface area contributed by atoms with Crippen LogP contribution in [0.3, 0.4) is 0 Å². The minimum atomic E-state index is -0.331. The second-order valence-electron chi connectivity index (χ2n) is 6.55. The number of carbonyl (C=O) groups excluding carboxylic acids is 1. The van der Waals surface area contributed by atoms with E-state index in [0.29, 0.717) is 33.5 Å². The molecule has 0 unspecified atom stereocenters.